The number of aromatic nitrogens is 2. The minimum Gasteiger partial charge on any atom is -0.288 e. The van der Waals surface area contributed by atoms with Crippen molar-refractivity contribution in [2.75, 3.05) is 0 Å². The normalized spacial score (nSPS) is 10.2. The number of hydrogen-bond acceptors (Lipinski definition) is 4. The van der Waals surface area contributed by atoms with Gasteiger partial charge in [-0.2, -0.15) is 0 Å². The maximum absolute atomic E-state index is 10.8. The van der Waals surface area contributed by atoms with E-state index in [-0.39, 0.29) is 29.6 Å². The minimum absolute atomic E-state index is 0. The fourth-order valence-electron chi connectivity index (χ4n) is 1.25. The third-order valence-electron chi connectivity index (χ3n) is 1.98. The van der Waals surface area contributed by atoms with Gasteiger partial charge in [-0.05, 0) is 18.2 Å². The molecule has 0 unspecified atom stereocenters. The Morgan fingerprint density at radius 2 is 2.00 bits per heavy atom. The average molecular weight is 238 g/mol. The molecule has 0 aliphatic carbocycles. The summed E-state index contributed by atoms with van der Waals surface area (Å²) in [5.74, 6) is -0.602. The molecule has 1 radical (unpaired) electrons. The molecule has 1 aromatic heterocycles. The minimum atomic E-state index is -0.602. The van der Waals surface area contributed by atoms with Gasteiger partial charge in [-0.25, -0.2) is 10.5 Å². The summed E-state index contributed by atoms with van der Waals surface area (Å²) in [5, 5.41) is 8.30. The molecule has 0 aliphatic heterocycles. The van der Waals surface area contributed by atoms with E-state index in [0.29, 0.717) is 5.69 Å². The zero-order valence-electron chi connectivity index (χ0n) is 9.29. The third-order valence-corrected chi connectivity index (χ3v) is 1.98. The monoisotopic (exact) mass is 238 g/mol. The van der Waals surface area contributed by atoms with E-state index in [2.05, 4.69) is 9.97 Å². The van der Waals surface area contributed by atoms with Gasteiger partial charge in [0, 0.05) is 35.6 Å². The molecule has 2 aromatic rings. The second-order valence-electron chi connectivity index (χ2n) is 3.09. The predicted molar refractivity (Wildman–Crippen MR) is 64.3 cm³/mol. The van der Waals surface area contributed by atoms with Gasteiger partial charge in [0.1, 0.15) is 0 Å². The van der Waals surface area contributed by atoms with Crippen molar-refractivity contribution >= 4 is 52.6 Å². The molecule has 5 nitrogen and oxygen atoms in total. The number of para-hydroxylation sites is 2. The number of carbonyl (C=O) groups excluding carboxylic acids is 1. The van der Waals surface area contributed by atoms with E-state index in [1.807, 2.05) is 24.3 Å². The average Bonchev–Trinajstić information content (AvgIpc) is 2.35. The SMILES string of the molecule is O=C(/C=C/c1cnc2ccccc2n1)NO.[Na]. The number of fused-ring (bicyclic) bond motifs is 1. The van der Waals surface area contributed by atoms with Gasteiger partial charge in [0.15, 0.2) is 0 Å². The molecule has 0 saturated heterocycles. The molecule has 6 heteroatoms. The van der Waals surface area contributed by atoms with Crippen LogP contribution < -0.4 is 5.48 Å². The number of amides is 1. The van der Waals surface area contributed by atoms with Gasteiger partial charge in [-0.15, -0.1) is 0 Å². The Morgan fingerprint density at radius 1 is 1.29 bits per heavy atom. The molecule has 81 valence electrons. The van der Waals surface area contributed by atoms with Crippen molar-refractivity contribution in [1.29, 1.82) is 0 Å². The zero-order valence-corrected chi connectivity index (χ0v) is 11.3. The first kappa shape index (κ1) is 13.8. The van der Waals surface area contributed by atoms with Gasteiger partial charge in [0.2, 0.25) is 0 Å². The Bertz CT molecular complexity index is 557. The van der Waals surface area contributed by atoms with Crippen LogP contribution in [0.3, 0.4) is 0 Å². The molecule has 17 heavy (non-hydrogen) atoms. The number of hydrogen-bond donors (Lipinski definition) is 2. The quantitative estimate of drug-likeness (QED) is 0.350. The first-order chi connectivity index (χ1) is 7.79. The summed E-state index contributed by atoms with van der Waals surface area (Å²) in [6.45, 7) is 0. The summed E-state index contributed by atoms with van der Waals surface area (Å²) >= 11 is 0. The maximum Gasteiger partial charge on any atom is 0.267 e. The summed E-state index contributed by atoms with van der Waals surface area (Å²) in [7, 11) is 0. The Labute approximate surface area is 120 Å². The topological polar surface area (TPSA) is 75.1 Å². The number of carbonyl (C=O) groups is 1. The first-order valence-corrected chi connectivity index (χ1v) is 4.63. The van der Waals surface area contributed by atoms with Crippen molar-refractivity contribution in [1.82, 2.24) is 15.4 Å². The summed E-state index contributed by atoms with van der Waals surface area (Å²) in [6.07, 6.45) is 4.22. The summed E-state index contributed by atoms with van der Waals surface area (Å²) in [4.78, 5) is 19.2. The van der Waals surface area contributed by atoms with Crippen LogP contribution in [0.2, 0.25) is 0 Å². The van der Waals surface area contributed by atoms with Crippen LogP contribution in [0.25, 0.3) is 17.1 Å². The number of benzene rings is 1. The van der Waals surface area contributed by atoms with Crippen LogP contribution in [0, 0.1) is 0 Å². The number of nitrogens with one attached hydrogen (secondary N) is 1. The largest absolute Gasteiger partial charge is 0.288 e. The van der Waals surface area contributed by atoms with E-state index in [9.17, 15) is 4.79 Å². The number of rotatable bonds is 2. The molecule has 0 spiro atoms. The molecule has 2 N–H and O–H groups in total. The molecule has 0 aliphatic rings. The van der Waals surface area contributed by atoms with Crippen molar-refractivity contribution in [3.05, 3.63) is 42.2 Å². The molecular formula is C11H9N3NaO2. The van der Waals surface area contributed by atoms with Crippen LogP contribution in [-0.2, 0) is 4.79 Å². The van der Waals surface area contributed by atoms with Crippen molar-refractivity contribution in [3.8, 4) is 0 Å². The fourth-order valence-corrected chi connectivity index (χ4v) is 1.25. The second kappa shape index (κ2) is 6.46. The maximum atomic E-state index is 10.8. The van der Waals surface area contributed by atoms with Gasteiger partial charge >= 0.3 is 0 Å². The van der Waals surface area contributed by atoms with Crippen molar-refractivity contribution in [2.45, 2.75) is 0 Å². The van der Waals surface area contributed by atoms with Gasteiger partial charge in [0.25, 0.3) is 5.91 Å². The Hall–Kier alpha value is -1.27. The van der Waals surface area contributed by atoms with Gasteiger partial charge in [0.05, 0.1) is 22.9 Å². The van der Waals surface area contributed by atoms with Crippen molar-refractivity contribution < 1.29 is 10.0 Å². The summed E-state index contributed by atoms with van der Waals surface area (Å²) in [5.41, 5.74) is 3.61. The van der Waals surface area contributed by atoms with E-state index >= 15 is 0 Å². The molecule has 0 fully saturated rings. The van der Waals surface area contributed by atoms with E-state index in [0.717, 1.165) is 11.0 Å². The van der Waals surface area contributed by atoms with Crippen LogP contribution in [0.15, 0.2) is 36.5 Å². The number of hydroxylamine groups is 1. The number of nitrogens with zero attached hydrogens (tertiary/aromatic N) is 2. The van der Waals surface area contributed by atoms with Crippen LogP contribution in [-0.4, -0.2) is 50.6 Å². The van der Waals surface area contributed by atoms with Crippen LogP contribution in [0.4, 0.5) is 0 Å². The van der Waals surface area contributed by atoms with Crippen LogP contribution in [0.1, 0.15) is 5.69 Å². The fraction of sp³-hybridized carbons (Fsp3) is 0. The van der Waals surface area contributed by atoms with Crippen molar-refractivity contribution in [3.63, 3.8) is 0 Å². The van der Waals surface area contributed by atoms with E-state index in [1.54, 1.807) is 6.20 Å². The summed E-state index contributed by atoms with van der Waals surface area (Å²) < 4.78 is 0. The Balaban J connectivity index is 0.00000144. The van der Waals surface area contributed by atoms with Crippen LogP contribution >= 0.6 is 0 Å². The molecule has 0 saturated carbocycles. The Morgan fingerprint density at radius 3 is 2.71 bits per heavy atom. The smallest absolute Gasteiger partial charge is 0.267 e. The molecule has 1 aromatic carbocycles. The molecule has 0 bridgehead atoms. The molecule has 0 atom stereocenters. The predicted octanol–water partition coefficient (Wildman–Crippen LogP) is 0.768. The van der Waals surface area contributed by atoms with Gasteiger partial charge < -0.3 is 0 Å². The third kappa shape index (κ3) is 3.61. The van der Waals surface area contributed by atoms with Crippen molar-refractivity contribution in [2.24, 2.45) is 0 Å². The van der Waals surface area contributed by atoms with Crippen LogP contribution in [0.5, 0.6) is 0 Å². The standard InChI is InChI=1S/C11H9N3O2.Na/c15-11(14-16)6-5-8-7-12-9-3-1-2-4-10(9)13-8;/h1-7,16H,(H,14,15);/b6-5+;. The molecular weight excluding hydrogens is 229 g/mol. The molecule has 1 heterocycles. The van der Waals surface area contributed by atoms with Gasteiger partial charge in [-0.1, -0.05) is 12.1 Å². The summed E-state index contributed by atoms with van der Waals surface area (Å²) in [6, 6.07) is 7.44. The van der Waals surface area contributed by atoms with Gasteiger partial charge in [-0.3, -0.25) is 15.0 Å². The zero-order chi connectivity index (χ0) is 11.4. The van der Waals surface area contributed by atoms with E-state index < -0.39 is 5.91 Å². The second-order valence-corrected chi connectivity index (χ2v) is 3.09. The molecule has 2 rings (SSSR count). The first-order valence-electron chi connectivity index (χ1n) is 4.63. The molecule has 1 amide bonds. The van der Waals surface area contributed by atoms with E-state index in [1.165, 1.54) is 17.6 Å². The Kier molecular flexibility index (Phi) is 5.24. The van der Waals surface area contributed by atoms with E-state index in [4.69, 9.17) is 5.21 Å².